The number of hydrogen-bond donors (Lipinski definition) is 1. The Balaban J connectivity index is 1.43. The molecule has 4 aromatic rings. The van der Waals surface area contributed by atoms with Crippen molar-refractivity contribution >= 4 is 28.5 Å². The van der Waals surface area contributed by atoms with E-state index in [1.165, 1.54) is 0 Å². The van der Waals surface area contributed by atoms with E-state index in [4.69, 9.17) is 4.74 Å². The van der Waals surface area contributed by atoms with Gasteiger partial charge < -0.3 is 14.6 Å². The number of aromatic nitrogens is 3. The van der Waals surface area contributed by atoms with Crippen LogP contribution in [-0.4, -0.2) is 32.8 Å². The molecule has 30 heavy (non-hydrogen) atoms. The summed E-state index contributed by atoms with van der Waals surface area (Å²) in [6.07, 6.45) is 5.91. The quantitative estimate of drug-likeness (QED) is 0.480. The first kappa shape index (κ1) is 19.4. The number of carbonyl (C=O) groups excluding carboxylic acids is 2. The van der Waals surface area contributed by atoms with E-state index in [2.05, 4.69) is 10.4 Å². The third-order valence-electron chi connectivity index (χ3n) is 4.72. The molecule has 0 spiro atoms. The number of rotatable bonds is 7. The van der Waals surface area contributed by atoms with Crippen molar-refractivity contribution in [3.63, 3.8) is 0 Å². The molecule has 7 nitrogen and oxygen atoms in total. The number of carbonyl (C=O) groups is 2. The SMILES string of the molecule is CCOC(=O)Cn1ncc2ccc(NC(=O)Cc3ccc(-n4cccc4)cc3)cc21. The van der Waals surface area contributed by atoms with Gasteiger partial charge in [-0.25, -0.2) is 0 Å². The van der Waals surface area contributed by atoms with E-state index in [1.807, 2.05) is 71.6 Å². The smallest absolute Gasteiger partial charge is 0.327 e. The van der Waals surface area contributed by atoms with Gasteiger partial charge >= 0.3 is 5.97 Å². The average Bonchev–Trinajstić information content (AvgIpc) is 3.39. The molecule has 0 unspecified atom stereocenters. The number of anilines is 1. The maximum Gasteiger partial charge on any atom is 0.327 e. The fraction of sp³-hybridized carbons (Fsp3) is 0.174. The second kappa shape index (κ2) is 8.65. The van der Waals surface area contributed by atoms with Crippen molar-refractivity contribution in [1.82, 2.24) is 14.3 Å². The van der Waals surface area contributed by atoms with Gasteiger partial charge in [-0.1, -0.05) is 12.1 Å². The number of hydrogen-bond acceptors (Lipinski definition) is 4. The Bertz CT molecular complexity index is 1160. The first-order valence-corrected chi connectivity index (χ1v) is 9.75. The Morgan fingerprint density at radius 1 is 1.07 bits per heavy atom. The molecule has 2 heterocycles. The van der Waals surface area contributed by atoms with E-state index >= 15 is 0 Å². The fourth-order valence-electron chi connectivity index (χ4n) is 3.29. The zero-order valence-corrected chi connectivity index (χ0v) is 16.6. The molecule has 0 bridgehead atoms. The Morgan fingerprint density at radius 2 is 1.83 bits per heavy atom. The molecule has 0 aliphatic rings. The summed E-state index contributed by atoms with van der Waals surface area (Å²) in [6, 6.07) is 17.3. The van der Waals surface area contributed by atoms with Gasteiger partial charge in [0.2, 0.25) is 5.91 Å². The number of nitrogens with one attached hydrogen (secondary N) is 1. The number of ether oxygens (including phenoxy) is 1. The zero-order chi connectivity index (χ0) is 20.9. The lowest BCUT2D eigenvalue weighted by molar-refractivity contribution is -0.143. The lowest BCUT2D eigenvalue weighted by atomic mass is 10.1. The number of fused-ring (bicyclic) bond motifs is 1. The minimum atomic E-state index is -0.347. The highest BCUT2D eigenvalue weighted by Gasteiger charge is 2.10. The van der Waals surface area contributed by atoms with Crippen LogP contribution in [-0.2, 0) is 27.3 Å². The Kier molecular flexibility index (Phi) is 5.61. The standard InChI is InChI=1S/C23H22N4O3/c1-2-30-23(29)16-27-21-14-19(8-7-18(21)15-24-27)25-22(28)13-17-5-9-20(10-6-17)26-11-3-4-12-26/h3-12,14-15H,2,13,16H2,1H3,(H,25,28). The molecule has 0 radical (unpaired) electrons. The van der Waals surface area contributed by atoms with Gasteiger partial charge in [-0.3, -0.25) is 14.3 Å². The van der Waals surface area contributed by atoms with Crippen molar-refractivity contribution in [2.45, 2.75) is 19.9 Å². The summed E-state index contributed by atoms with van der Waals surface area (Å²) in [6.45, 7) is 2.12. The third-order valence-corrected chi connectivity index (χ3v) is 4.72. The van der Waals surface area contributed by atoms with E-state index in [0.717, 1.165) is 22.2 Å². The van der Waals surface area contributed by atoms with Crippen LogP contribution in [0, 0.1) is 0 Å². The summed E-state index contributed by atoms with van der Waals surface area (Å²) in [5.41, 5.74) is 3.39. The second-order valence-corrected chi connectivity index (χ2v) is 6.86. The molecule has 0 atom stereocenters. The number of esters is 1. The first-order chi connectivity index (χ1) is 14.6. The molecule has 0 fully saturated rings. The highest BCUT2D eigenvalue weighted by molar-refractivity contribution is 5.94. The Hall–Kier alpha value is -3.87. The summed E-state index contributed by atoms with van der Waals surface area (Å²) in [5.74, 6) is -0.459. The van der Waals surface area contributed by atoms with Crippen molar-refractivity contribution in [3.05, 3.63) is 78.8 Å². The Labute approximate surface area is 173 Å². The van der Waals surface area contributed by atoms with Gasteiger partial charge in [0.05, 0.1) is 24.7 Å². The predicted octanol–water partition coefficient (Wildman–Crippen LogP) is 3.57. The van der Waals surface area contributed by atoms with Crippen molar-refractivity contribution in [2.75, 3.05) is 11.9 Å². The fourth-order valence-corrected chi connectivity index (χ4v) is 3.29. The second-order valence-electron chi connectivity index (χ2n) is 6.86. The van der Waals surface area contributed by atoms with Crippen LogP contribution in [0.5, 0.6) is 0 Å². The maximum atomic E-state index is 12.5. The van der Waals surface area contributed by atoms with Crippen molar-refractivity contribution in [2.24, 2.45) is 0 Å². The lowest BCUT2D eigenvalue weighted by Crippen LogP contribution is -2.15. The molecule has 7 heteroatoms. The van der Waals surface area contributed by atoms with Gasteiger partial charge in [-0.05, 0) is 55.0 Å². The maximum absolute atomic E-state index is 12.5. The van der Waals surface area contributed by atoms with Gasteiger partial charge in [-0.15, -0.1) is 0 Å². The molecule has 1 N–H and O–H groups in total. The van der Waals surface area contributed by atoms with Gasteiger partial charge in [0.25, 0.3) is 0 Å². The third kappa shape index (κ3) is 4.41. The highest BCUT2D eigenvalue weighted by Crippen LogP contribution is 2.20. The molecular weight excluding hydrogens is 380 g/mol. The van der Waals surface area contributed by atoms with Gasteiger partial charge in [-0.2, -0.15) is 5.10 Å². The van der Waals surface area contributed by atoms with Gasteiger partial charge in [0.15, 0.2) is 0 Å². The number of nitrogens with zero attached hydrogens (tertiary/aromatic N) is 3. The van der Waals surface area contributed by atoms with Crippen LogP contribution < -0.4 is 5.32 Å². The predicted molar refractivity (Wildman–Crippen MR) is 114 cm³/mol. The van der Waals surface area contributed by atoms with Crippen molar-refractivity contribution in [3.8, 4) is 5.69 Å². The zero-order valence-electron chi connectivity index (χ0n) is 16.6. The van der Waals surface area contributed by atoms with Crippen LogP contribution in [0.3, 0.4) is 0 Å². The van der Waals surface area contributed by atoms with E-state index in [0.29, 0.717) is 12.3 Å². The normalized spacial score (nSPS) is 10.8. The molecule has 2 aromatic carbocycles. The summed E-state index contributed by atoms with van der Waals surface area (Å²) in [5, 5.41) is 8.04. The topological polar surface area (TPSA) is 78.2 Å². The summed E-state index contributed by atoms with van der Waals surface area (Å²) < 4.78 is 8.57. The van der Waals surface area contributed by atoms with Crippen LogP contribution in [0.4, 0.5) is 5.69 Å². The average molecular weight is 402 g/mol. The minimum Gasteiger partial charge on any atom is -0.465 e. The lowest BCUT2D eigenvalue weighted by Gasteiger charge is -2.08. The van der Waals surface area contributed by atoms with Crippen molar-refractivity contribution in [1.29, 1.82) is 0 Å². The molecule has 0 saturated heterocycles. The number of amides is 1. The summed E-state index contributed by atoms with van der Waals surface area (Å²) in [7, 11) is 0. The highest BCUT2D eigenvalue weighted by atomic mass is 16.5. The molecule has 0 aliphatic heterocycles. The molecular formula is C23H22N4O3. The van der Waals surface area contributed by atoms with Crippen LogP contribution in [0.25, 0.3) is 16.6 Å². The molecule has 1 amide bonds. The first-order valence-electron chi connectivity index (χ1n) is 9.75. The molecule has 0 saturated carbocycles. The largest absolute Gasteiger partial charge is 0.465 e. The van der Waals surface area contributed by atoms with E-state index in [9.17, 15) is 9.59 Å². The minimum absolute atomic E-state index is 0.0302. The molecule has 4 rings (SSSR count). The van der Waals surface area contributed by atoms with E-state index in [-0.39, 0.29) is 24.8 Å². The van der Waals surface area contributed by atoms with E-state index < -0.39 is 0 Å². The van der Waals surface area contributed by atoms with Crippen LogP contribution in [0.2, 0.25) is 0 Å². The summed E-state index contributed by atoms with van der Waals surface area (Å²) >= 11 is 0. The van der Waals surface area contributed by atoms with Crippen molar-refractivity contribution < 1.29 is 14.3 Å². The summed E-state index contributed by atoms with van der Waals surface area (Å²) in [4.78, 5) is 24.3. The van der Waals surface area contributed by atoms with Crippen LogP contribution in [0.15, 0.2) is 73.2 Å². The number of benzene rings is 2. The van der Waals surface area contributed by atoms with Crippen LogP contribution in [0.1, 0.15) is 12.5 Å². The molecule has 0 aliphatic carbocycles. The molecule has 2 aromatic heterocycles. The Morgan fingerprint density at radius 3 is 2.57 bits per heavy atom. The molecule has 152 valence electrons. The van der Waals surface area contributed by atoms with Gasteiger partial charge in [0, 0.05) is 29.2 Å². The van der Waals surface area contributed by atoms with Crippen LogP contribution >= 0.6 is 0 Å². The van der Waals surface area contributed by atoms with E-state index in [1.54, 1.807) is 17.8 Å². The monoisotopic (exact) mass is 402 g/mol. The van der Waals surface area contributed by atoms with Gasteiger partial charge in [0.1, 0.15) is 6.54 Å².